The second-order valence-corrected chi connectivity index (χ2v) is 5.34. The van der Waals surface area contributed by atoms with Crippen molar-refractivity contribution in [3.05, 3.63) is 53.6 Å². The lowest BCUT2D eigenvalue weighted by molar-refractivity contribution is -0.137. The zero-order valence-corrected chi connectivity index (χ0v) is 13.5. The smallest absolute Gasteiger partial charge is 0.416 e. The molecule has 0 unspecified atom stereocenters. The molecule has 0 N–H and O–H groups in total. The molecule has 0 radical (unpaired) electrons. The molecule has 2 heterocycles. The fourth-order valence-corrected chi connectivity index (χ4v) is 2.55. The fraction of sp³-hybridized carbons (Fsp3) is 0.235. The summed E-state index contributed by atoms with van der Waals surface area (Å²) >= 11 is 0. The van der Waals surface area contributed by atoms with Crippen molar-refractivity contribution in [1.82, 2.24) is 14.4 Å². The van der Waals surface area contributed by atoms with Crippen LogP contribution in [0.2, 0.25) is 0 Å². The summed E-state index contributed by atoms with van der Waals surface area (Å²) in [6, 6.07) is 4.79. The average molecular weight is 349 g/mol. The number of carbonyl (C=O) groups is 1. The molecule has 0 fully saturated rings. The summed E-state index contributed by atoms with van der Waals surface area (Å²) in [6.07, 6.45) is -1.50. The van der Waals surface area contributed by atoms with E-state index in [1.807, 2.05) is 0 Å². The molecule has 1 aromatic carbocycles. The number of esters is 1. The van der Waals surface area contributed by atoms with Crippen molar-refractivity contribution in [2.45, 2.75) is 20.0 Å². The minimum atomic E-state index is -4.39. The monoisotopic (exact) mass is 349 g/mol. The van der Waals surface area contributed by atoms with Gasteiger partial charge in [-0.1, -0.05) is 12.1 Å². The van der Waals surface area contributed by atoms with Crippen LogP contribution in [-0.2, 0) is 10.9 Å². The Labute approximate surface area is 141 Å². The number of rotatable bonds is 3. The van der Waals surface area contributed by atoms with Crippen LogP contribution in [0.4, 0.5) is 13.2 Å². The van der Waals surface area contributed by atoms with Crippen LogP contribution < -0.4 is 0 Å². The molecule has 3 rings (SSSR count). The minimum absolute atomic E-state index is 0.0971. The lowest BCUT2D eigenvalue weighted by Crippen LogP contribution is -2.08. The van der Waals surface area contributed by atoms with Gasteiger partial charge in [-0.25, -0.2) is 14.8 Å². The first kappa shape index (κ1) is 16.9. The number of halogens is 3. The van der Waals surface area contributed by atoms with Gasteiger partial charge in [-0.3, -0.25) is 4.40 Å². The number of imidazole rings is 1. The topological polar surface area (TPSA) is 56.5 Å². The zero-order valence-electron chi connectivity index (χ0n) is 13.5. The number of aromatic nitrogens is 3. The lowest BCUT2D eigenvalue weighted by Gasteiger charge is -2.09. The maximum atomic E-state index is 12.7. The van der Waals surface area contributed by atoms with Gasteiger partial charge in [-0.05, 0) is 26.0 Å². The summed E-state index contributed by atoms with van der Waals surface area (Å²) in [5.41, 5.74) is 1.62. The van der Waals surface area contributed by atoms with Gasteiger partial charge in [-0.2, -0.15) is 13.2 Å². The van der Waals surface area contributed by atoms with Crippen molar-refractivity contribution in [2.24, 2.45) is 0 Å². The molecule has 0 amide bonds. The van der Waals surface area contributed by atoms with Gasteiger partial charge in [-0.15, -0.1) is 0 Å². The highest BCUT2D eigenvalue weighted by Crippen LogP contribution is 2.32. The van der Waals surface area contributed by atoms with Crippen LogP contribution in [0.15, 0.2) is 36.7 Å². The van der Waals surface area contributed by atoms with E-state index in [0.717, 1.165) is 12.1 Å². The number of fused-ring (bicyclic) bond motifs is 1. The Morgan fingerprint density at radius 2 is 1.92 bits per heavy atom. The molecular weight excluding hydrogens is 335 g/mol. The van der Waals surface area contributed by atoms with E-state index in [2.05, 4.69) is 9.97 Å². The predicted octanol–water partition coefficient (Wildman–Crippen LogP) is 3.90. The third kappa shape index (κ3) is 3.19. The highest BCUT2D eigenvalue weighted by molar-refractivity contribution is 5.87. The molecule has 2 aromatic heterocycles. The molecule has 3 aromatic rings. The van der Waals surface area contributed by atoms with Crippen molar-refractivity contribution in [3.8, 4) is 11.3 Å². The molecule has 0 aliphatic rings. The molecule has 130 valence electrons. The normalized spacial score (nSPS) is 11.7. The van der Waals surface area contributed by atoms with Crippen molar-refractivity contribution >= 4 is 11.6 Å². The Bertz CT molecular complexity index is 931. The molecule has 0 atom stereocenters. The molecule has 0 aliphatic heterocycles. The van der Waals surface area contributed by atoms with Crippen LogP contribution in [0.25, 0.3) is 16.9 Å². The average Bonchev–Trinajstić information content (AvgIpc) is 2.89. The van der Waals surface area contributed by atoms with Crippen LogP contribution in [0, 0.1) is 6.92 Å². The highest BCUT2D eigenvalue weighted by atomic mass is 19.4. The second-order valence-electron chi connectivity index (χ2n) is 5.34. The quantitative estimate of drug-likeness (QED) is 0.673. The molecule has 5 nitrogen and oxygen atoms in total. The van der Waals surface area contributed by atoms with Crippen LogP contribution in [-0.4, -0.2) is 26.9 Å². The van der Waals surface area contributed by atoms with Gasteiger partial charge < -0.3 is 4.74 Å². The van der Waals surface area contributed by atoms with Gasteiger partial charge >= 0.3 is 12.1 Å². The van der Waals surface area contributed by atoms with E-state index in [-0.39, 0.29) is 12.3 Å². The zero-order chi connectivity index (χ0) is 18.2. The van der Waals surface area contributed by atoms with E-state index in [1.54, 1.807) is 18.2 Å². The first-order valence-electron chi connectivity index (χ1n) is 7.50. The third-order valence-electron chi connectivity index (χ3n) is 3.65. The molecular formula is C17H14F3N3O2. The number of hydrogen-bond donors (Lipinski definition) is 0. The van der Waals surface area contributed by atoms with Crippen molar-refractivity contribution in [3.63, 3.8) is 0 Å². The van der Waals surface area contributed by atoms with Crippen LogP contribution >= 0.6 is 0 Å². The molecule has 0 saturated heterocycles. The second kappa shape index (κ2) is 6.19. The number of benzene rings is 1. The standard InChI is InChI=1S/C17H14F3N3O2/c1-3-25-16(24)13-9-23-14(8-21-13)22-10(2)15(23)11-4-6-12(7-5-11)17(18,19)20/h4-9H,3H2,1-2H3. The van der Waals surface area contributed by atoms with Gasteiger partial charge in [0, 0.05) is 11.8 Å². The van der Waals surface area contributed by atoms with Crippen molar-refractivity contribution < 1.29 is 22.7 Å². The Morgan fingerprint density at radius 1 is 1.24 bits per heavy atom. The number of carbonyl (C=O) groups excluding carboxylic acids is 1. The fourth-order valence-electron chi connectivity index (χ4n) is 2.55. The van der Waals surface area contributed by atoms with E-state index in [1.165, 1.54) is 24.5 Å². The Kier molecular flexibility index (Phi) is 4.20. The Balaban J connectivity index is 2.10. The summed E-state index contributed by atoms with van der Waals surface area (Å²) in [5, 5.41) is 0. The molecule has 8 heteroatoms. The predicted molar refractivity (Wildman–Crippen MR) is 84.1 cm³/mol. The third-order valence-corrected chi connectivity index (χ3v) is 3.65. The van der Waals surface area contributed by atoms with E-state index in [4.69, 9.17) is 4.74 Å². The van der Waals surface area contributed by atoms with Crippen LogP contribution in [0.3, 0.4) is 0 Å². The van der Waals surface area contributed by atoms with Gasteiger partial charge in [0.2, 0.25) is 0 Å². The Hall–Kier alpha value is -2.90. The number of hydrogen-bond acceptors (Lipinski definition) is 4. The number of nitrogens with zero attached hydrogens (tertiary/aromatic N) is 3. The number of alkyl halides is 3. The number of ether oxygens (including phenoxy) is 1. The summed E-state index contributed by atoms with van der Waals surface area (Å²) in [6.45, 7) is 3.64. The SMILES string of the molecule is CCOC(=O)c1cn2c(-c3ccc(C(F)(F)F)cc3)c(C)nc2cn1. The van der Waals surface area contributed by atoms with Crippen molar-refractivity contribution in [2.75, 3.05) is 6.61 Å². The summed E-state index contributed by atoms with van der Waals surface area (Å²) in [4.78, 5) is 20.2. The summed E-state index contributed by atoms with van der Waals surface area (Å²) < 4.78 is 44.7. The highest BCUT2D eigenvalue weighted by Gasteiger charge is 2.30. The van der Waals surface area contributed by atoms with Crippen molar-refractivity contribution in [1.29, 1.82) is 0 Å². The Morgan fingerprint density at radius 3 is 2.52 bits per heavy atom. The molecule has 0 bridgehead atoms. The molecule has 25 heavy (non-hydrogen) atoms. The number of aryl methyl sites for hydroxylation is 1. The van der Waals surface area contributed by atoms with E-state index in [0.29, 0.717) is 22.6 Å². The summed E-state index contributed by atoms with van der Waals surface area (Å²) in [7, 11) is 0. The van der Waals surface area contributed by atoms with E-state index >= 15 is 0 Å². The maximum absolute atomic E-state index is 12.7. The largest absolute Gasteiger partial charge is 0.461 e. The van der Waals surface area contributed by atoms with Gasteiger partial charge in [0.25, 0.3) is 0 Å². The minimum Gasteiger partial charge on any atom is -0.461 e. The van der Waals surface area contributed by atoms with Gasteiger partial charge in [0.05, 0.1) is 29.8 Å². The van der Waals surface area contributed by atoms with Gasteiger partial charge in [0.15, 0.2) is 11.3 Å². The maximum Gasteiger partial charge on any atom is 0.416 e. The van der Waals surface area contributed by atoms with Gasteiger partial charge in [0.1, 0.15) is 0 Å². The summed E-state index contributed by atoms with van der Waals surface area (Å²) in [5.74, 6) is -0.575. The van der Waals surface area contributed by atoms with Crippen LogP contribution in [0.5, 0.6) is 0 Å². The molecule has 0 saturated carbocycles. The molecule has 0 spiro atoms. The first-order chi connectivity index (χ1) is 11.8. The van der Waals surface area contributed by atoms with E-state index < -0.39 is 17.7 Å². The van der Waals surface area contributed by atoms with Crippen LogP contribution in [0.1, 0.15) is 28.7 Å². The van der Waals surface area contributed by atoms with E-state index in [9.17, 15) is 18.0 Å². The lowest BCUT2D eigenvalue weighted by atomic mass is 10.1. The first-order valence-corrected chi connectivity index (χ1v) is 7.50. The molecule has 0 aliphatic carbocycles.